The first-order valence-corrected chi connectivity index (χ1v) is 5.55. The molecular formula is C16H14O4. The van der Waals surface area contributed by atoms with Gasteiger partial charge in [0, 0.05) is 0 Å². The summed E-state index contributed by atoms with van der Waals surface area (Å²) in [5.41, 5.74) is -0.732. The van der Waals surface area contributed by atoms with Crippen molar-refractivity contribution < 1.29 is 30.0 Å². The van der Waals surface area contributed by atoms with Gasteiger partial charge in [0.1, 0.15) is 13.2 Å². The fourth-order valence-electron chi connectivity index (χ4n) is 1.20. The van der Waals surface area contributed by atoms with Gasteiger partial charge in [0.25, 0.3) is 0 Å². The van der Waals surface area contributed by atoms with Gasteiger partial charge >= 0.3 is 11.9 Å². The second-order valence-corrected chi connectivity index (χ2v) is 3.43. The van der Waals surface area contributed by atoms with Gasteiger partial charge in [0.2, 0.25) is 0 Å². The first-order chi connectivity index (χ1) is 13.1. The molecule has 0 saturated heterocycles. The fourth-order valence-corrected chi connectivity index (χ4v) is 1.20. The van der Waals surface area contributed by atoms with Crippen LogP contribution in [0.25, 0.3) is 0 Å². The summed E-state index contributed by atoms with van der Waals surface area (Å²) in [5, 5.41) is 0. The zero-order valence-electron chi connectivity index (χ0n) is 18.2. The number of rotatable bonds is 5. The van der Waals surface area contributed by atoms with Crippen molar-refractivity contribution in [3.63, 3.8) is 0 Å². The Balaban J connectivity index is 1.98. The smallest absolute Gasteiger partial charge is 0.338 e. The SMILES string of the molecule is [2H]c1cc(C(=O)OCCOC(=O)c2cc([2H])c([2H])c([2H])c2[2H])c([2H])c([2H])c1[2H]. The van der Waals surface area contributed by atoms with E-state index in [-0.39, 0.29) is 11.1 Å². The average molecular weight is 278 g/mol. The van der Waals surface area contributed by atoms with Crippen molar-refractivity contribution in [2.24, 2.45) is 0 Å². The van der Waals surface area contributed by atoms with Gasteiger partial charge in [-0.15, -0.1) is 0 Å². The zero-order valence-corrected chi connectivity index (χ0v) is 10.2. The van der Waals surface area contributed by atoms with Gasteiger partial charge in [0.15, 0.2) is 0 Å². The van der Waals surface area contributed by atoms with Crippen molar-refractivity contribution in [3.05, 3.63) is 71.6 Å². The summed E-state index contributed by atoms with van der Waals surface area (Å²) in [7, 11) is 0. The molecule has 102 valence electrons. The van der Waals surface area contributed by atoms with Crippen molar-refractivity contribution in [2.75, 3.05) is 13.2 Å². The third-order valence-corrected chi connectivity index (χ3v) is 2.09. The molecule has 0 aliphatic rings. The molecule has 0 aliphatic heterocycles. The lowest BCUT2D eigenvalue weighted by molar-refractivity contribution is 0.0265. The van der Waals surface area contributed by atoms with Gasteiger partial charge in [-0.1, -0.05) is 36.3 Å². The summed E-state index contributed by atoms with van der Waals surface area (Å²) in [4.78, 5) is 23.9. The molecule has 0 radical (unpaired) electrons. The minimum atomic E-state index is -1.02. The topological polar surface area (TPSA) is 52.6 Å². The third-order valence-electron chi connectivity index (χ3n) is 2.09. The van der Waals surface area contributed by atoms with E-state index < -0.39 is 73.5 Å². The molecule has 0 spiro atoms. The van der Waals surface area contributed by atoms with Crippen molar-refractivity contribution in [1.29, 1.82) is 0 Å². The molecule has 0 bridgehead atoms. The van der Waals surface area contributed by atoms with E-state index >= 15 is 0 Å². The van der Waals surface area contributed by atoms with Crippen LogP contribution in [0, 0.1) is 0 Å². The van der Waals surface area contributed by atoms with E-state index in [2.05, 4.69) is 0 Å². The van der Waals surface area contributed by atoms with E-state index in [1.54, 1.807) is 0 Å². The maximum Gasteiger partial charge on any atom is 0.338 e. The van der Waals surface area contributed by atoms with Crippen LogP contribution in [0.2, 0.25) is 0 Å². The van der Waals surface area contributed by atoms with Crippen LogP contribution in [0.4, 0.5) is 0 Å². The fraction of sp³-hybridized carbons (Fsp3) is 0.125. The molecule has 0 N–H and O–H groups in total. The molecule has 0 amide bonds. The van der Waals surface area contributed by atoms with E-state index in [1.807, 2.05) is 0 Å². The molecule has 2 aromatic carbocycles. The lowest BCUT2D eigenvalue weighted by Gasteiger charge is -2.06. The summed E-state index contributed by atoms with van der Waals surface area (Å²) in [6, 6.07) is -2.16. The van der Waals surface area contributed by atoms with Crippen LogP contribution in [0.3, 0.4) is 0 Å². The maximum absolute atomic E-state index is 12.0. The molecule has 0 atom stereocenters. The summed E-state index contributed by atoms with van der Waals surface area (Å²) in [5.74, 6) is -2.05. The van der Waals surface area contributed by atoms with Gasteiger partial charge in [0.05, 0.1) is 22.1 Å². The minimum absolute atomic E-state index is 0.366. The van der Waals surface area contributed by atoms with E-state index in [0.29, 0.717) is 0 Å². The predicted octanol–water partition coefficient (Wildman–Crippen LogP) is 2.70. The van der Waals surface area contributed by atoms with Gasteiger partial charge in [-0.2, -0.15) is 0 Å². The Morgan fingerprint density at radius 2 is 1.25 bits per heavy atom. The van der Waals surface area contributed by atoms with Crippen molar-refractivity contribution in [2.45, 2.75) is 0 Å². The van der Waals surface area contributed by atoms with Gasteiger partial charge < -0.3 is 9.47 Å². The van der Waals surface area contributed by atoms with Crippen molar-refractivity contribution in [3.8, 4) is 0 Å². The lowest BCUT2D eigenvalue weighted by atomic mass is 10.2. The van der Waals surface area contributed by atoms with Crippen LogP contribution >= 0.6 is 0 Å². The molecule has 4 nitrogen and oxygen atoms in total. The van der Waals surface area contributed by atoms with Gasteiger partial charge in [-0.05, 0) is 24.2 Å². The first-order valence-electron chi connectivity index (χ1n) is 9.55. The predicted molar refractivity (Wildman–Crippen MR) is 73.4 cm³/mol. The second-order valence-electron chi connectivity index (χ2n) is 3.43. The number of hydrogen-bond donors (Lipinski definition) is 0. The summed E-state index contributed by atoms with van der Waals surface area (Å²) >= 11 is 0. The Morgan fingerprint density at radius 1 is 0.800 bits per heavy atom. The van der Waals surface area contributed by atoms with Gasteiger partial charge in [-0.25, -0.2) is 9.59 Å². The monoisotopic (exact) mass is 278 g/mol. The number of esters is 2. The van der Waals surface area contributed by atoms with E-state index in [9.17, 15) is 9.59 Å². The summed E-state index contributed by atoms with van der Waals surface area (Å²) in [6.45, 7) is -0.836. The zero-order chi connectivity index (χ0) is 21.2. The molecule has 0 aromatic heterocycles. The molecule has 0 unspecified atom stereocenters. The number of carbonyl (C=O) groups excluding carboxylic acids is 2. The molecule has 0 aliphatic carbocycles. The van der Waals surface area contributed by atoms with Crippen molar-refractivity contribution >= 4 is 11.9 Å². The van der Waals surface area contributed by atoms with E-state index in [1.165, 1.54) is 0 Å². The minimum Gasteiger partial charge on any atom is -0.458 e. The van der Waals surface area contributed by atoms with Crippen LogP contribution in [0.1, 0.15) is 31.7 Å². The van der Waals surface area contributed by atoms with Crippen LogP contribution in [-0.4, -0.2) is 25.2 Å². The highest BCUT2D eigenvalue weighted by Crippen LogP contribution is 2.02. The summed E-state index contributed by atoms with van der Waals surface area (Å²) < 4.78 is 69.8. The lowest BCUT2D eigenvalue weighted by Crippen LogP contribution is -2.14. The summed E-state index contributed by atoms with van der Waals surface area (Å²) in [6.07, 6.45) is 0. The van der Waals surface area contributed by atoms with E-state index in [0.717, 1.165) is 12.1 Å². The Hall–Kier alpha value is -2.62. The number of hydrogen-bond acceptors (Lipinski definition) is 4. The normalized spacial score (nSPS) is 15.4. The molecule has 0 heterocycles. The number of carbonyl (C=O) groups is 2. The Kier molecular flexibility index (Phi) is 2.37. The molecule has 20 heavy (non-hydrogen) atoms. The van der Waals surface area contributed by atoms with Crippen LogP contribution < -0.4 is 0 Å². The number of ether oxygens (including phenoxy) is 2. The van der Waals surface area contributed by atoms with Crippen LogP contribution in [-0.2, 0) is 9.47 Å². The first kappa shape index (κ1) is 6.70. The number of benzene rings is 2. The van der Waals surface area contributed by atoms with Crippen LogP contribution in [0.15, 0.2) is 60.5 Å². The van der Waals surface area contributed by atoms with Gasteiger partial charge in [-0.3, -0.25) is 0 Å². The maximum atomic E-state index is 12.0. The Morgan fingerprint density at radius 3 is 1.70 bits per heavy atom. The van der Waals surface area contributed by atoms with Crippen molar-refractivity contribution in [1.82, 2.24) is 0 Å². The highest BCUT2D eigenvalue weighted by molar-refractivity contribution is 5.90. The highest BCUT2D eigenvalue weighted by Gasteiger charge is 2.08. The Bertz CT molecular complexity index is 883. The van der Waals surface area contributed by atoms with Crippen LogP contribution in [0.5, 0.6) is 0 Å². The molecule has 2 aromatic rings. The molecule has 0 saturated carbocycles. The molecular weight excluding hydrogens is 256 g/mol. The third kappa shape index (κ3) is 3.95. The second kappa shape index (κ2) is 7.09. The largest absolute Gasteiger partial charge is 0.458 e. The molecule has 0 fully saturated rings. The molecule has 4 heteroatoms. The average Bonchev–Trinajstić information content (AvgIpc) is 2.67. The molecule has 2 rings (SSSR count). The van der Waals surface area contributed by atoms with E-state index in [4.69, 9.17) is 20.4 Å². The highest BCUT2D eigenvalue weighted by atomic mass is 16.6. The quantitative estimate of drug-likeness (QED) is 0.623. The Labute approximate surface area is 128 Å². The standard InChI is InChI=1S/C16H14O4/c17-15(13-7-3-1-4-8-13)19-11-12-20-16(18)14-9-5-2-6-10-14/h1-10H,11-12H2/i1D,2D,3D,4D,5D,6D,7D,9D.